The summed E-state index contributed by atoms with van der Waals surface area (Å²) in [6.45, 7) is 1.81. The van der Waals surface area contributed by atoms with Crippen molar-refractivity contribution in [3.63, 3.8) is 0 Å². The molecule has 0 saturated heterocycles. The van der Waals surface area contributed by atoms with Gasteiger partial charge in [-0.1, -0.05) is 0 Å². The van der Waals surface area contributed by atoms with Gasteiger partial charge in [0.2, 0.25) is 0 Å². The predicted molar refractivity (Wildman–Crippen MR) is 71.4 cm³/mol. The van der Waals surface area contributed by atoms with Gasteiger partial charge in [-0.25, -0.2) is 4.79 Å². The Labute approximate surface area is 103 Å². The Morgan fingerprint density at radius 3 is 2.53 bits per heavy atom. The van der Waals surface area contributed by atoms with Crippen LogP contribution in [0.15, 0.2) is 24.3 Å². The van der Waals surface area contributed by atoms with Gasteiger partial charge in [-0.3, -0.25) is 4.21 Å². The second kappa shape index (κ2) is 6.24. The van der Waals surface area contributed by atoms with Gasteiger partial charge >= 0.3 is 6.03 Å². The summed E-state index contributed by atoms with van der Waals surface area (Å²) in [5.41, 5.74) is 6.84. The van der Waals surface area contributed by atoms with E-state index in [2.05, 4.69) is 10.6 Å². The minimum absolute atomic E-state index is 0.130. The molecule has 2 atom stereocenters. The lowest BCUT2D eigenvalue weighted by molar-refractivity contribution is 0.250. The zero-order chi connectivity index (χ0) is 12.8. The van der Waals surface area contributed by atoms with Crippen LogP contribution in [0.5, 0.6) is 0 Å². The molecule has 0 fully saturated rings. The van der Waals surface area contributed by atoms with Crippen LogP contribution in [0.3, 0.4) is 0 Å². The lowest BCUT2D eigenvalue weighted by atomic mass is 10.3. The van der Waals surface area contributed by atoms with E-state index in [0.29, 0.717) is 17.1 Å². The van der Waals surface area contributed by atoms with Crippen LogP contribution < -0.4 is 16.4 Å². The summed E-state index contributed by atoms with van der Waals surface area (Å²) < 4.78 is 11.0. The Hall–Kier alpha value is -1.56. The second-order valence-corrected chi connectivity index (χ2v) is 5.34. The van der Waals surface area contributed by atoms with Gasteiger partial charge in [0.05, 0.1) is 0 Å². The van der Waals surface area contributed by atoms with E-state index in [1.165, 1.54) is 0 Å². The number of nitrogens with one attached hydrogen (secondary N) is 2. The molecule has 0 spiro atoms. The van der Waals surface area contributed by atoms with Gasteiger partial charge in [-0.2, -0.15) is 0 Å². The third-order valence-electron chi connectivity index (χ3n) is 2.03. The van der Waals surface area contributed by atoms with Gasteiger partial charge in [0.1, 0.15) is 0 Å². The van der Waals surface area contributed by atoms with Gasteiger partial charge in [0.25, 0.3) is 0 Å². The maximum absolute atomic E-state index is 11.5. The molecule has 1 aromatic rings. The first-order valence-electron chi connectivity index (χ1n) is 5.20. The minimum atomic E-state index is -0.921. The van der Waals surface area contributed by atoms with Crippen LogP contribution >= 0.6 is 0 Å². The van der Waals surface area contributed by atoms with Crippen molar-refractivity contribution in [3.05, 3.63) is 24.3 Å². The molecule has 0 radical (unpaired) electrons. The van der Waals surface area contributed by atoms with Gasteiger partial charge in [0.15, 0.2) is 0 Å². The number of nitrogens with two attached hydrogens (primary N) is 1. The Balaban J connectivity index is 2.44. The molecule has 6 heteroatoms. The quantitative estimate of drug-likeness (QED) is 0.706. The molecule has 2 amide bonds. The highest BCUT2D eigenvalue weighted by molar-refractivity contribution is 7.84. The van der Waals surface area contributed by atoms with E-state index in [0.717, 1.165) is 0 Å². The van der Waals surface area contributed by atoms with Crippen LogP contribution in [0.1, 0.15) is 6.92 Å². The molecule has 2 unspecified atom stereocenters. The number of amides is 2. The third kappa shape index (κ3) is 5.35. The van der Waals surface area contributed by atoms with Gasteiger partial charge in [-0.15, -0.1) is 0 Å². The van der Waals surface area contributed by atoms with E-state index in [-0.39, 0.29) is 12.1 Å². The fourth-order valence-electron chi connectivity index (χ4n) is 1.35. The lowest BCUT2D eigenvalue weighted by Gasteiger charge is -2.13. The van der Waals surface area contributed by atoms with Crippen molar-refractivity contribution >= 4 is 28.2 Å². The van der Waals surface area contributed by atoms with Crippen LogP contribution in [-0.2, 0) is 10.8 Å². The van der Waals surface area contributed by atoms with Crippen molar-refractivity contribution in [1.82, 2.24) is 5.32 Å². The molecule has 1 rings (SSSR count). The smallest absolute Gasteiger partial charge is 0.319 e. The zero-order valence-electron chi connectivity index (χ0n) is 9.90. The van der Waals surface area contributed by atoms with Gasteiger partial charge < -0.3 is 16.4 Å². The maximum atomic E-state index is 11.5. The summed E-state index contributed by atoms with van der Waals surface area (Å²) in [6.07, 6.45) is 1.61. The molecule has 94 valence electrons. The summed E-state index contributed by atoms with van der Waals surface area (Å²) in [5, 5.41) is 5.37. The normalized spacial score (nSPS) is 13.8. The summed E-state index contributed by atoms with van der Waals surface area (Å²) in [7, 11) is -0.921. The molecule has 0 aliphatic carbocycles. The number of carbonyl (C=O) groups excluding carboxylic acids is 1. The number of nitrogen functional groups attached to an aromatic ring is 1. The van der Waals surface area contributed by atoms with Crippen LogP contribution in [0.4, 0.5) is 16.2 Å². The molecule has 0 bridgehead atoms. The predicted octanol–water partition coefficient (Wildman–Crippen LogP) is 1.16. The number of hydrogen-bond acceptors (Lipinski definition) is 3. The minimum Gasteiger partial charge on any atom is -0.399 e. The SMILES string of the molecule is CC(CS(C)=O)NC(=O)Nc1ccc(N)cc1. The number of carbonyl (C=O) groups is 1. The van der Waals surface area contributed by atoms with Crippen molar-refractivity contribution in [2.45, 2.75) is 13.0 Å². The summed E-state index contributed by atoms with van der Waals surface area (Å²) in [4.78, 5) is 11.5. The highest BCUT2D eigenvalue weighted by Crippen LogP contribution is 2.10. The zero-order valence-corrected chi connectivity index (χ0v) is 10.7. The second-order valence-electron chi connectivity index (χ2n) is 3.86. The highest BCUT2D eigenvalue weighted by atomic mass is 32.2. The monoisotopic (exact) mass is 255 g/mol. The van der Waals surface area contributed by atoms with Crippen LogP contribution in [0.2, 0.25) is 0 Å². The van der Waals surface area contributed by atoms with Crippen molar-refractivity contribution < 1.29 is 9.00 Å². The van der Waals surface area contributed by atoms with E-state index in [1.54, 1.807) is 30.5 Å². The van der Waals surface area contributed by atoms with E-state index < -0.39 is 10.8 Å². The first-order valence-corrected chi connectivity index (χ1v) is 6.93. The van der Waals surface area contributed by atoms with Crippen molar-refractivity contribution in [2.75, 3.05) is 23.1 Å². The number of anilines is 2. The van der Waals surface area contributed by atoms with Crippen molar-refractivity contribution in [1.29, 1.82) is 0 Å². The molecule has 0 aromatic heterocycles. The van der Waals surface area contributed by atoms with E-state index in [4.69, 9.17) is 5.73 Å². The topological polar surface area (TPSA) is 84.2 Å². The molecule has 5 nitrogen and oxygen atoms in total. The van der Waals surface area contributed by atoms with Crippen LogP contribution in [0.25, 0.3) is 0 Å². The average Bonchev–Trinajstić information content (AvgIpc) is 2.19. The van der Waals surface area contributed by atoms with Crippen LogP contribution in [0, 0.1) is 0 Å². The molecule has 17 heavy (non-hydrogen) atoms. The van der Waals surface area contributed by atoms with E-state index in [1.807, 2.05) is 6.92 Å². The number of rotatable bonds is 4. The molecular formula is C11H17N3O2S. The molecule has 0 aliphatic heterocycles. The van der Waals surface area contributed by atoms with E-state index >= 15 is 0 Å². The molecule has 0 aliphatic rings. The van der Waals surface area contributed by atoms with Crippen molar-refractivity contribution in [3.8, 4) is 0 Å². The molecular weight excluding hydrogens is 238 g/mol. The maximum Gasteiger partial charge on any atom is 0.319 e. The standard InChI is InChI=1S/C11H17N3O2S/c1-8(7-17(2)16)13-11(15)14-10-5-3-9(12)4-6-10/h3-6,8H,7,12H2,1-2H3,(H2,13,14,15). The van der Waals surface area contributed by atoms with Crippen LogP contribution in [-0.4, -0.2) is 28.3 Å². The van der Waals surface area contributed by atoms with E-state index in [9.17, 15) is 9.00 Å². The third-order valence-corrected chi connectivity index (χ3v) is 3.00. The molecule has 4 N–H and O–H groups in total. The molecule has 0 saturated carbocycles. The number of urea groups is 1. The Bertz CT molecular complexity index is 406. The summed E-state index contributed by atoms with van der Waals surface area (Å²) in [6, 6.07) is 6.41. The lowest BCUT2D eigenvalue weighted by Crippen LogP contribution is -2.39. The first kappa shape index (κ1) is 13.5. The molecule has 0 heterocycles. The number of hydrogen-bond donors (Lipinski definition) is 3. The highest BCUT2D eigenvalue weighted by Gasteiger charge is 2.08. The van der Waals surface area contributed by atoms with Gasteiger partial charge in [-0.05, 0) is 31.2 Å². The summed E-state index contributed by atoms with van der Waals surface area (Å²) >= 11 is 0. The number of benzene rings is 1. The Morgan fingerprint density at radius 1 is 1.41 bits per heavy atom. The van der Waals surface area contributed by atoms with Gasteiger partial charge in [0, 0.05) is 40.2 Å². The average molecular weight is 255 g/mol. The van der Waals surface area contributed by atoms with Crippen molar-refractivity contribution in [2.24, 2.45) is 0 Å². The fourth-order valence-corrected chi connectivity index (χ4v) is 2.14. The largest absolute Gasteiger partial charge is 0.399 e. The fraction of sp³-hybridized carbons (Fsp3) is 0.364. The Kier molecular flexibility index (Phi) is 4.96. The first-order chi connectivity index (χ1) is 7.97. The Morgan fingerprint density at radius 2 is 2.00 bits per heavy atom. The molecule has 1 aromatic carbocycles. The summed E-state index contributed by atoms with van der Waals surface area (Å²) in [5.74, 6) is 0.440.